The number of hydrogen-bond acceptors (Lipinski definition) is 7. The number of nitrogens with zero attached hydrogens (tertiary/aromatic N) is 4. The Labute approximate surface area is 199 Å². The number of hydrogen-bond donors (Lipinski definition) is 1. The standard InChI is InChI=1S/C26H27N5O3/c1-16(2)25(33)34-10-6-5-9-31-21-8-7-17(11-18(21)12-26(31,3)4)22-20(15-29)23(30-24(22)32)19(13-27)14-28/h7-8,11,20,22H,1,5-6,9-10,12H2,2-4H3,(H,30,32). The summed E-state index contributed by atoms with van der Waals surface area (Å²) >= 11 is 0. The fourth-order valence-electron chi connectivity index (χ4n) is 4.63. The molecule has 0 bridgehead atoms. The maximum absolute atomic E-state index is 12.7. The maximum atomic E-state index is 12.7. The Balaban J connectivity index is 1.78. The summed E-state index contributed by atoms with van der Waals surface area (Å²) in [7, 11) is 0. The summed E-state index contributed by atoms with van der Waals surface area (Å²) in [6.07, 6.45) is 2.35. The van der Waals surface area contributed by atoms with Crippen molar-refractivity contribution in [2.75, 3.05) is 18.1 Å². The van der Waals surface area contributed by atoms with Gasteiger partial charge in [0.2, 0.25) is 5.91 Å². The molecule has 1 saturated heterocycles. The van der Waals surface area contributed by atoms with Crippen molar-refractivity contribution in [3.8, 4) is 18.2 Å². The SMILES string of the molecule is C=C(C)C(=O)OCCCCN1c2ccc(C3C(=O)NC(=C(C#N)C#N)C3C#N)cc2CC1(C)C. The lowest BCUT2D eigenvalue weighted by atomic mass is 9.85. The van der Waals surface area contributed by atoms with Gasteiger partial charge in [-0.2, -0.15) is 15.8 Å². The third-order valence-corrected chi connectivity index (χ3v) is 6.28. The number of nitriles is 3. The minimum atomic E-state index is -0.910. The molecule has 2 atom stereocenters. The Hall–Kier alpha value is -4.09. The fraction of sp³-hybridized carbons (Fsp3) is 0.423. The van der Waals surface area contributed by atoms with Crippen molar-refractivity contribution in [2.24, 2.45) is 5.92 Å². The molecule has 8 heteroatoms. The van der Waals surface area contributed by atoms with E-state index < -0.39 is 11.8 Å². The Morgan fingerprint density at radius 2 is 1.97 bits per heavy atom. The van der Waals surface area contributed by atoms with E-state index >= 15 is 0 Å². The van der Waals surface area contributed by atoms with E-state index in [0.717, 1.165) is 37.1 Å². The molecule has 1 amide bonds. The van der Waals surface area contributed by atoms with Gasteiger partial charge < -0.3 is 15.0 Å². The summed E-state index contributed by atoms with van der Waals surface area (Å²) in [5, 5.41) is 30.7. The van der Waals surface area contributed by atoms with Gasteiger partial charge in [-0.05, 0) is 57.2 Å². The smallest absolute Gasteiger partial charge is 0.333 e. The predicted molar refractivity (Wildman–Crippen MR) is 125 cm³/mol. The van der Waals surface area contributed by atoms with Crippen LogP contribution < -0.4 is 10.2 Å². The fourth-order valence-corrected chi connectivity index (χ4v) is 4.63. The number of amides is 1. The summed E-state index contributed by atoms with van der Waals surface area (Å²) in [5.41, 5.74) is 2.93. The molecule has 1 aromatic rings. The summed E-state index contributed by atoms with van der Waals surface area (Å²) in [6.45, 7) is 10.6. The van der Waals surface area contributed by atoms with Gasteiger partial charge in [-0.3, -0.25) is 4.79 Å². The third-order valence-electron chi connectivity index (χ3n) is 6.28. The number of rotatable bonds is 7. The molecule has 8 nitrogen and oxygen atoms in total. The lowest BCUT2D eigenvalue weighted by Gasteiger charge is -2.34. The molecule has 0 spiro atoms. The first-order valence-corrected chi connectivity index (χ1v) is 11.1. The largest absolute Gasteiger partial charge is 0.462 e. The van der Waals surface area contributed by atoms with Crippen LogP contribution in [-0.4, -0.2) is 30.6 Å². The molecule has 3 rings (SSSR count). The van der Waals surface area contributed by atoms with Crippen molar-refractivity contribution in [3.05, 3.63) is 52.7 Å². The molecule has 1 aromatic carbocycles. The van der Waals surface area contributed by atoms with Crippen LogP contribution >= 0.6 is 0 Å². The van der Waals surface area contributed by atoms with Crippen LogP contribution in [0.15, 0.2) is 41.6 Å². The molecule has 174 valence electrons. The van der Waals surface area contributed by atoms with Crippen molar-refractivity contribution in [1.29, 1.82) is 15.8 Å². The summed E-state index contributed by atoms with van der Waals surface area (Å²) in [4.78, 5) is 26.5. The van der Waals surface area contributed by atoms with E-state index in [1.807, 2.05) is 18.2 Å². The first-order chi connectivity index (χ1) is 16.1. The Kier molecular flexibility index (Phi) is 7.08. The molecule has 1 fully saturated rings. The van der Waals surface area contributed by atoms with Gasteiger partial charge in [0.25, 0.3) is 0 Å². The lowest BCUT2D eigenvalue weighted by molar-refractivity contribution is -0.139. The van der Waals surface area contributed by atoms with Crippen molar-refractivity contribution in [1.82, 2.24) is 5.32 Å². The average Bonchev–Trinajstić information content (AvgIpc) is 3.25. The number of nitrogens with one attached hydrogen (secondary N) is 1. The number of benzene rings is 1. The highest BCUT2D eigenvalue weighted by Gasteiger charge is 2.43. The zero-order valence-corrected chi connectivity index (χ0v) is 19.6. The highest BCUT2D eigenvalue weighted by Crippen LogP contribution is 2.43. The molecule has 2 aliphatic heterocycles. The van der Waals surface area contributed by atoms with Gasteiger partial charge in [0.05, 0.1) is 24.3 Å². The van der Waals surface area contributed by atoms with E-state index in [0.29, 0.717) is 17.7 Å². The third kappa shape index (κ3) is 4.65. The molecule has 2 aliphatic rings. The van der Waals surface area contributed by atoms with Gasteiger partial charge in [-0.1, -0.05) is 18.7 Å². The van der Waals surface area contributed by atoms with E-state index in [1.165, 1.54) is 0 Å². The number of anilines is 1. The van der Waals surface area contributed by atoms with E-state index in [2.05, 4.69) is 36.7 Å². The number of carbonyl (C=O) groups excluding carboxylic acids is 2. The Bertz CT molecular complexity index is 1180. The van der Waals surface area contributed by atoms with E-state index in [-0.39, 0.29) is 28.7 Å². The number of unbranched alkanes of at least 4 members (excludes halogenated alkanes) is 1. The zero-order valence-electron chi connectivity index (χ0n) is 19.6. The highest BCUT2D eigenvalue weighted by molar-refractivity contribution is 5.91. The molecular formula is C26H27N5O3. The van der Waals surface area contributed by atoms with E-state index in [1.54, 1.807) is 19.1 Å². The van der Waals surface area contributed by atoms with Crippen molar-refractivity contribution >= 4 is 17.6 Å². The van der Waals surface area contributed by atoms with E-state index in [4.69, 9.17) is 4.74 Å². The highest BCUT2D eigenvalue weighted by atomic mass is 16.5. The van der Waals surface area contributed by atoms with Crippen LogP contribution in [0.2, 0.25) is 0 Å². The monoisotopic (exact) mass is 457 g/mol. The Morgan fingerprint density at radius 3 is 2.59 bits per heavy atom. The predicted octanol–water partition coefficient (Wildman–Crippen LogP) is 3.38. The molecule has 0 aromatic heterocycles. The molecule has 2 heterocycles. The van der Waals surface area contributed by atoms with Crippen molar-refractivity contribution < 1.29 is 14.3 Å². The van der Waals surface area contributed by atoms with Gasteiger partial charge in [0.15, 0.2) is 0 Å². The minimum Gasteiger partial charge on any atom is -0.462 e. The summed E-state index contributed by atoms with van der Waals surface area (Å²) < 4.78 is 5.17. The number of allylic oxidation sites excluding steroid dienone is 2. The molecule has 2 unspecified atom stereocenters. The number of ether oxygens (including phenoxy) is 1. The van der Waals surface area contributed by atoms with Crippen LogP contribution in [-0.2, 0) is 20.7 Å². The Morgan fingerprint density at radius 1 is 1.26 bits per heavy atom. The average molecular weight is 458 g/mol. The van der Waals surface area contributed by atoms with Crippen LogP contribution in [0.5, 0.6) is 0 Å². The van der Waals surface area contributed by atoms with Crippen molar-refractivity contribution in [2.45, 2.75) is 51.5 Å². The van der Waals surface area contributed by atoms with Gasteiger partial charge >= 0.3 is 5.97 Å². The topological polar surface area (TPSA) is 130 Å². The second-order valence-electron chi connectivity index (χ2n) is 9.24. The lowest BCUT2D eigenvalue weighted by Crippen LogP contribution is -2.41. The van der Waals surface area contributed by atoms with Crippen LogP contribution in [0.25, 0.3) is 0 Å². The second kappa shape index (κ2) is 9.81. The molecule has 0 saturated carbocycles. The zero-order chi connectivity index (χ0) is 25.0. The van der Waals surface area contributed by atoms with Gasteiger partial charge in [0.1, 0.15) is 23.6 Å². The first kappa shape index (κ1) is 24.6. The minimum absolute atomic E-state index is 0.0808. The van der Waals surface area contributed by atoms with Crippen LogP contribution in [0, 0.1) is 39.9 Å². The molecule has 34 heavy (non-hydrogen) atoms. The molecular weight excluding hydrogens is 430 g/mol. The number of esters is 1. The molecule has 1 N–H and O–H groups in total. The van der Waals surface area contributed by atoms with Crippen LogP contribution in [0.4, 0.5) is 5.69 Å². The van der Waals surface area contributed by atoms with Crippen LogP contribution in [0.1, 0.15) is 50.7 Å². The number of fused-ring (bicyclic) bond motifs is 1. The van der Waals surface area contributed by atoms with Crippen LogP contribution in [0.3, 0.4) is 0 Å². The summed E-state index contributed by atoms with van der Waals surface area (Å²) in [6, 6.07) is 11.4. The maximum Gasteiger partial charge on any atom is 0.333 e. The van der Waals surface area contributed by atoms with Gasteiger partial charge in [-0.15, -0.1) is 0 Å². The van der Waals surface area contributed by atoms with Gasteiger partial charge in [-0.25, -0.2) is 4.79 Å². The normalized spacial score (nSPS) is 19.9. The molecule has 0 radical (unpaired) electrons. The summed E-state index contributed by atoms with van der Waals surface area (Å²) in [5.74, 6) is -2.45. The quantitative estimate of drug-likeness (QED) is 0.287. The second-order valence-corrected chi connectivity index (χ2v) is 9.24. The number of carbonyl (C=O) groups is 2. The molecule has 0 aliphatic carbocycles. The van der Waals surface area contributed by atoms with Crippen molar-refractivity contribution in [3.63, 3.8) is 0 Å². The first-order valence-electron chi connectivity index (χ1n) is 11.1. The van der Waals surface area contributed by atoms with Gasteiger partial charge in [0, 0.05) is 23.3 Å². The van der Waals surface area contributed by atoms with E-state index in [9.17, 15) is 25.4 Å².